The van der Waals surface area contributed by atoms with Gasteiger partial charge in [-0.1, -0.05) is 26.0 Å². The Morgan fingerprint density at radius 2 is 1.94 bits per heavy atom. The molecule has 0 fully saturated rings. The average molecular weight is 486 g/mol. The highest BCUT2D eigenvalue weighted by molar-refractivity contribution is 6.05. The van der Waals surface area contributed by atoms with Gasteiger partial charge in [0.25, 0.3) is 11.8 Å². The van der Waals surface area contributed by atoms with Crippen molar-refractivity contribution in [3.63, 3.8) is 0 Å². The van der Waals surface area contributed by atoms with Crippen LogP contribution in [0.25, 0.3) is 0 Å². The fraction of sp³-hybridized carbons (Fsp3) is 0.481. The van der Waals surface area contributed by atoms with Crippen LogP contribution in [0.1, 0.15) is 47.9 Å². The number of nitrogens with zero attached hydrogens (tertiary/aromatic N) is 2. The van der Waals surface area contributed by atoms with E-state index in [1.165, 1.54) is 18.2 Å². The standard InChI is InChI=1S/C27H36FN3O4/c1-6-13-31-15-18(2)25(34-5)16-30(4)27(33)22-12-11-20(14-24(22)35-17-19(31)3)29-26(32)21-9-7-8-10-23(21)28/h7-12,14,18-19,25H,6,13,15-17H2,1-5H3,(H,29,32)/t18-,19+,25-/m1/s1. The molecule has 2 aromatic rings. The van der Waals surface area contributed by atoms with Crippen LogP contribution in [-0.2, 0) is 4.74 Å². The molecule has 2 amide bonds. The molecule has 3 rings (SSSR count). The summed E-state index contributed by atoms with van der Waals surface area (Å²) >= 11 is 0. The summed E-state index contributed by atoms with van der Waals surface area (Å²) in [4.78, 5) is 29.9. The number of nitrogens with one attached hydrogen (secondary N) is 1. The van der Waals surface area contributed by atoms with Crippen molar-refractivity contribution in [1.82, 2.24) is 9.80 Å². The summed E-state index contributed by atoms with van der Waals surface area (Å²) in [6.07, 6.45) is 0.897. The number of likely N-dealkylation sites (N-methyl/N-ethyl adjacent to an activating group) is 1. The maximum Gasteiger partial charge on any atom is 0.258 e. The lowest BCUT2D eigenvalue weighted by atomic mass is 10.0. The second-order valence-electron chi connectivity index (χ2n) is 9.24. The third kappa shape index (κ3) is 6.58. The van der Waals surface area contributed by atoms with E-state index >= 15 is 0 Å². The van der Waals surface area contributed by atoms with Crippen LogP contribution in [0, 0.1) is 11.7 Å². The first-order valence-electron chi connectivity index (χ1n) is 12.1. The van der Waals surface area contributed by atoms with Crippen molar-refractivity contribution in [3.05, 3.63) is 59.4 Å². The highest BCUT2D eigenvalue weighted by Crippen LogP contribution is 2.27. The molecule has 0 unspecified atom stereocenters. The van der Waals surface area contributed by atoms with Crippen LogP contribution >= 0.6 is 0 Å². The molecule has 8 heteroatoms. The van der Waals surface area contributed by atoms with E-state index in [0.717, 1.165) is 19.5 Å². The molecular weight excluding hydrogens is 449 g/mol. The Bertz CT molecular complexity index is 1030. The number of benzene rings is 2. The fourth-order valence-electron chi connectivity index (χ4n) is 4.37. The number of fused-ring (bicyclic) bond motifs is 1. The smallest absolute Gasteiger partial charge is 0.258 e. The molecule has 0 spiro atoms. The van der Waals surface area contributed by atoms with E-state index in [0.29, 0.717) is 30.2 Å². The topological polar surface area (TPSA) is 71.1 Å². The van der Waals surface area contributed by atoms with Crippen LogP contribution in [0.4, 0.5) is 10.1 Å². The molecule has 2 aromatic carbocycles. The van der Waals surface area contributed by atoms with E-state index in [2.05, 4.69) is 31.0 Å². The van der Waals surface area contributed by atoms with E-state index < -0.39 is 11.7 Å². The molecule has 0 bridgehead atoms. The average Bonchev–Trinajstić information content (AvgIpc) is 2.84. The summed E-state index contributed by atoms with van der Waals surface area (Å²) in [5.74, 6) is -0.770. The van der Waals surface area contributed by atoms with E-state index in [1.54, 1.807) is 43.3 Å². The first-order valence-corrected chi connectivity index (χ1v) is 12.1. The number of methoxy groups -OCH3 is 1. The molecule has 0 saturated heterocycles. The van der Waals surface area contributed by atoms with Gasteiger partial charge in [-0.2, -0.15) is 0 Å². The molecule has 7 nitrogen and oxygen atoms in total. The summed E-state index contributed by atoms with van der Waals surface area (Å²) in [7, 11) is 3.43. The molecule has 0 aromatic heterocycles. The van der Waals surface area contributed by atoms with Gasteiger partial charge in [-0.15, -0.1) is 0 Å². The zero-order chi connectivity index (χ0) is 25.5. The highest BCUT2D eigenvalue weighted by Gasteiger charge is 2.28. The lowest BCUT2D eigenvalue weighted by molar-refractivity contribution is 0.0108. The first-order chi connectivity index (χ1) is 16.7. The number of hydrogen-bond donors (Lipinski definition) is 1. The molecule has 1 aliphatic heterocycles. The summed E-state index contributed by atoms with van der Waals surface area (Å²) in [5.41, 5.74) is 0.760. The van der Waals surface area contributed by atoms with Crippen molar-refractivity contribution in [3.8, 4) is 5.75 Å². The first kappa shape index (κ1) is 26.6. The van der Waals surface area contributed by atoms with Crippen molar-refractivity contribution in [2.45, 2.75) is 39.3 Å². The number of amides is 2. The number of ether oxygens (including phenoxy) is 2. The number of carbonyl (C=O) groups is 2. The second kappa shape index (κ2) is 12.1. The number of halogens is 1. The molecular formula is C27H36FN3O4. The van der Waals surface area contributed by atoms with Crippen molar-refractivity contribution in [1.29, 1.82) is 0 Å². The fourth-order valence-corrected chi connectivity index (χ4v) is 4.37. The maximum atomic E-state index is 14.0. The Kier molecular flexibility index (Phi) is 9.23. The van der Waals surface area contributed by atoms with Crippen LogP contribution in [0.15, 0.2) is 42.5 Å². The number of carbonyl (C=O) groups excluding carboxylic acids is 2. The predicted octanol–water partition coefficient (Wildman–Crippen LogP) is 4.29. The van der Waals surface area contributed by atoms with E-state index in [9.17, 15) is 14.0 Å². The Balaban J connectivity index is 1.92. The van der Waals surface area contributed by atoms with Gasteiger partial charge in [0, 0.05) is 45.0 Å². The number of hydrogen-bond acceptors (Lipinski definition) is 5. The second-order valence-corrected chi connectivity index (χ2v) is 9.24. The number of anilines is 1. The van der Waals surface area contributed by atoms with Crippen molar-refractivity contribution < 1.29 is 23.5 Å². The normalized spacial score (nSPS) is 21.9. The van der Waals surface area contributed by atoms with E-state index in [4.69, 9.17) is 9.47 Å². The Morgan fingerprint density at radius 1 is 1.20 bits per heavy atom. The SMILES string of the molecule is CCCN1C[C@@H](C)[C@H](OC)CN(C)C(=O)c2ccc(NC(=O)c3ccccc3F)cc2OC[C@@H]1C. The maximum absolute atomic E-state index is 14.0. The summed E-state index contributed by atoms with van der Waals surface area (Å²) in [6, 6.07) is 10.8. The van der Waals surface area contributed by atoms with Gasteiger partial charge in [-0.05, 0) is 50.1 Å². The molecule has 1 heterocycles. The minimum atomic E-state index is -0.601. The van der Waals surface area contributed by atoms with Gasteiger partial charge in [-0.25, -0.2) is 4.39 Å². The Labute approximate surface area is 207 Å². The summed E-state index contributed by atoms with van der Waals surface area (Å²) < 4.78 is 26.0. The van der Waals surface area contributed by atoms with E-state index in [-0.39, 0.29) is 29.5 Å². The molecule has 1 N–H and O–H groups in total. The highest BCUT2D eigenvalue weighted by atomic mass is 19.1. The van der Waals surface area contributed by atoms with Crippen LogP contribution in [-0.4, -0.2) is 74.2 Å². The van der Waals surface area contributed by atoms with Gasteiger partial charge < -0.3 is 19.7 Å². The molecule has 0 aliphatic carbocycles. The summed E-state index contributed by atoms with van der Waals surface area (Å²) in [6.45, 7) is 8.96. The minimum absolute atomic E-state index is 0.0550. The quantitative estimate of drug-likeness (QED) is 0.684. The minimum Gasteiger partial charge on any atom is -0.491 e. The molecule has 35 heavy (non-hydrogen) atoms. The van der Waals surface area contributed by atoms with E-state index in [1.807, 2.05) is 0 Å². The lowest BCUT2D eigenvalue weighted by Crippen LogP contribution is -2.46. The molecule has 190 valence electrons. The van der Waals surface area contributed by atoms with Crippen LogP contribution < -0.4 is 10.1 Å². The van der Waals surface area contributed by atoms with Crippen LogP contribution in [0.5, 0.6) is 5.75 Å². The predicted molar refractivity (Wildman–Crippen MR) is 135 cm³/mol. The van der Waals surface area contributed by atoms with Gasteiger partial charge >= 0.3 is 0 Å². The van der Waals surface area contributed by atoms with Crippen molar-refractivity contribution >= 4 is 17.5 Å². The monoisotopic (exact) mass is 485 g/mol. The third-order valence-corrected chi connectivity index (χ3v) is 6.46. The lowest BCUT2D eigenvalue weighted by Gasteiger charge is -2.35. The largest absolute Gasteiger partial charge is 0.491 e. The van der Waals surface area contributed by atoms with Gasteiger partial charge in [-0.3, -0.25) is 14.5 Å². The van der Waals surface area contributed by atoms with Gasteiger partial charge in [0.15, 0.2) is 0 Å². The molecule has 1 aliphatic rings. The van der Waals surface area contributed by atoms with Gasteiger partial charge in [0.2, 0.25) is 0 Å². The van der Waals surface area contributed by atoms with Crippen molar-refractivity contribution in [2.75, 3.05) is 45.7 Å². The third-order valence-electron chi connectivity index (χ3n) is 6.46. The summed E-state index contributed by atoms with van der Waals surface area (Å²) in [5, 5.41) is 2.71. The Morgan fingerprint density at radius 3 is 2.63 bits per heavy atom. The van der Waals surface area contributed by atoms with Crippen LogP contribution in [0.2, 0.25) is 0 Å². The number of rotatable bonds is 5. The molecule has 0 saturated carbocycles. The molecule has 0 radical (unpaired) electrons. The van der Waals surface area contributed by atoms with Crippen LogP contribution in [0.3, 0.4) is 0 Å². The van der Waals surface area contributed by atoms with Crippen molar-refractivity contribution in [2.24, 2.45) is 5.92 Å². The zero-order valence-electron chi connectivity index (χ0n) is 21.2. The van der Waals surface area contributed by atoms with Gasteiger partial charge in [0.1, 0.15) is 18.2 Å². The zero-order valence-corrected chi connectivity index (χ0v) is 21.2. The Hall–Kier alpha value is -2.97. The van der Waals surface area contributed by atoms with Gasteiger partial charge in [0.05, 0.1) is 17.2 Å². The molecule has 3 atom stereocenters.